The lowest BCUT2D eigenvalue weighted by Crippen LogP contribution is -2.14. The van der Waals surface area contributed by atoms with Crippen molar-refractivity contribution < 1.29 is 4.79 Å². The van der Waals surface area contributed by atoms with E-state index in [1.807, 2.05) is 30.3 Å². The Hall–Kier alpha value is -2.76. The molecule has 0 unspecified atom stereocenters. The van der Waals surface area contributed by atoms with Gasteiger partial charge in [-0.3, -0.25) is 14.9 Å². The second-order valence-corrected chi connectivity index (χ2v) is 4.07. The Labute approximate surface area is 108 Å². The van der Waals surface area contributed by atoms with Gasteiger partial charge >= 0.3 is 0 Å². The van der Waals surface area contributed by atoms with Crippen LogP contribution in [-0.4, -0.2) is 26.1 Å². The van der Waals surface area contributed by atoms with Crippen molar-refractivity contribution in [3.63, 3.8) is 0 Å². The molecule has 0 aliphatic rings. The molecule has 0 radical (unpaired) electrons. The van der Waals surface area contributed by atoms with Crippen LogP contribution in [0.5, 0.6) is 0 Å². The number of carbonyl (C=O) groups excluding carboxylic acids is 1. The number of amides is 1. The number of fused-ring (bicyclic) bond motifs is 1. The smallest absolute Gasteiger partial charge is 0.295 e. The average Bonchev–Trinajstić information content (AvgIpc) is 2.86. The van der Waals surface area contributed by atoms with Gasteiger partial charge in [0.1, 0.15) is 5.82 Å². The van der Waals surface area contributed by atoms with Crippen LogP contribution in [0.3, 0.4) is 0 Å². The van der Waals surface area contributed by atoms with Crippen molar-refractivity contribution in [2.45, 2.75) is 6.92 Å². The van der Waals surface area contributed by atoms with Gasteiger partial charge < -0.3 is 5.32 Å². The first-order chi connectivity index (χ1) is 9.24. The number of anilines is 1. The summed E-state index contributed by atoms with van der Waals surface area (Å²) < 4.78 is 0. The Bertz CT molecular complexity index is 744. The molecule has 3 rings (SSSR count). The maximum atomic E-state index is 12.0. The summed E-state index contributed by atoms with van der Waals surface area (Å²) in [5.74, 6) is 0.379. The van der Waals surface area contributed by atoms with E-state index >= 15 is 0 Å². The summed E-state index contributed by atoms with van der Waals surface area (Å²) in [6.45, 7) is 1.74. The highest BCUT2D eigenvalue weighted by atomic mass is 16.2. The van der Waals surface area contributed by atoms with Gasteiger partial charge in [-0.05, 0) is 31.2 Å². The second kappa shape index (κ2) is 4.49. The maximum Gasteiger partial charge on any atom is 0.295 e. The predicted molar refractivity (Wildman–Crippen MR) is 70.8 cm³/mol. The molecule has 1 aromatic carbocycles. The fourth-order valence-electron chi connectivity index (χ4n) is 1.83. The quantitative estimate of drug-likeness (QED) is 0.730. The van der Waals surface area contributed by atoms with Crippen LogP contribution in [0.4, 0.5) is 5.69 Å². The SMILES string of the molecule is Cc1nc(C(=O)Nc2cccc3ncccc23)n[nH]1. The van der Waals surface area contributed by atoms with Crippen molar-refractivity contribution in [3.05, 3.63) is 48.2 Å². The largest absolute Gasteiger partial charge is 0.319 e. The van der Waals surface area contributed by atoms with E-state index in [1.54, 1.807) is 13.1 Å². The summed E-state index contributed by atoms with van der Waals surface area (Å²) in [7, 11) is 0. The van der Waals surface area contributed by atoms with Crippen molar-refractivity contribution in [1.82, 2.24) is 20.2 Å². The molecule has 94 valence electrons. The number of aromatic nitrogens is 4. The number of hydrogen-bond acceptors (Lipinski definition) is 4. The number of H-pyrrole nitrogens is 1. The number of benzene rings is 1. The molecule has 0 spiro atoms. The third kappa shape index (κ3) is 2.15. The van der Waals surface area contributed by atoms with E-state index in [0.29, 0.717) is 11.5 Å². The molecule has 6 nitrogen and oxygen atoms in total. The van der Waals surface area contributed by atoms with Crippen LogP contribution in [-0.2, 0) is 0 Å². The molecular formula is C13H11N5O. The minimum atomic E-state index is -0.347. The normalized spacial score (nSPS) is 10.6. The molecule has 2 N–H and O–H groups in total. The summed E-state index contributed by atoms with van der Waals surface area (Å²) in [6, 6.07) is 9.29. The topological polar surface area (TPSA) is 83.6 Å². The molecule has 0 saturated heterocycles. The maximum absolute atomic E-state index is 12.0. The van der Waals surface area contributed by atoms with Gasteiger partial charge in [-0.15, -0.1) is 5.10 Å². The van der Waals surface area contributed by atoms with E-state index in [0.717, 1.165) is 10.9 Å². The number of hydrogen-bond donors (Lipinski definition) is 2. The first kappa shape index (κ1) is 11.3. The Morgan fingerprint density at radius 3 is 2.95 bits per heavy atom. The van der Waals surface area contributed by atoms with Crippen LogP contribution in [0.15, 0.2) is 36.5 Å². The van der Waals surface area contributed by atoms with Crippen LogP contribution in [0.25, 0.3) is 10.9 Å². The number of carbonyl (C=O) groups is 1. The monoisotopic (exact) mass is 253 g/mol. The molecule has 2 aromatic heterocycles. The van der Waals surface area contributed by atoms with Gasteiger partial charge in [0.15, 0.2) is 0 Å². The molecular weight excluding hydrogens is 242 g/mol. The lowest BCUT2D eigenvalue weighted by atomic mass is 10.2. The van der Waals surface area contributed by atoms with Crippen LogP contribution >= 0.6 is 0 Å². The number of nitrogens with zero attached hydrogens (tertiary/aromatic N) is 3. The number of aromatic amines is 1. The predicted octanol–water partition coefficient (Wildman–Crippen LogP) is 1.91. The average molecular weight is 253 g/mol. The van der Waals surface area contributed by atoms with Gasteiger partial charge in [0.2, 0.25) is 5.82 Å². The number of aryl methyl sites for hydroxylation is 1. The van der Waals surface area contributed by atoms with Gasteiger partial charge in [-0.25, -0.2) is 4.98 Å². The van der Waals surface area contributed by atoms with Crippen molar-refractivity contribution in [1.29, 1.82) is 0 Å². The highest BCUT2D eigenvalue weighted by molar-refractivity contribution is 6.06. The van der Waals surface area contributed by atoms with Crippen LogP contribution < -0.4 is 5.32 Å². The lowest BCUT2D eigenvalue weighted by Gasteiger charge is -2.06. The standard InChI is InChI=1S/C13H11N5O/c1-8-15-12(18-17-8)13(19)16-11-6-2-5-10-9(11)4-3-7-14-10/h2-7H,1H3,(H,16,19)(H,15,17,18). The Kier molecular flexibility index (Phi) is 2.68. The molecule has 0 aliphatic carbocycles. The van der Waals surface area contributed by atoms with Crippen LogP contribution in [0.1, 0.15) is 16.4 Å². The molecule has 2 heterocycles. The third-order valence-corrected chi connectivity index (χ3v) is 2.69. The van der Waals surface area contributed by atoms with Gasteiger partial charge in [-0.1, -0.05) is 6.07 Å². The third-order valence-electron chi connectivity index (χ3n) is 2.69. The molecule has 0 aliphatic heterocycles. The van der Waals surface area contributed by atoms with Crippen LogP contribution in [0.2, 0.25) is 0 Å². The van der Waals surface area contributed by atoms with E-state index in [1.165, 1.54) is 0 Å². The number of pyridine rings is 1. The molecule has 0 bridgehead atoms. The van der Waals surface area contributed by atoms with E-state index in [-0.39, 0.29) is 11.7 Å². The summed E-state index contributed by atoms with van der Waals surface area (Å²) >= 11 is 0. The van der Waals surface area contributed by atoms with Crippen molar-refractivity contribution >= 4 is 22.5 Å². The Morgan fingerprint density at radius 2 is 2.16 bits per heavy atom. The van der Waals surface area contributed by atoms with Gasteiger partial charge in [0, 0.05) is 11.6 Å². The summed E-state index contributed by atoms with van der Waals surface area (Å²) in [6.07, 6.45) is 1.71. The zero-order valence-electron chi connectivity index (χ0n) is 10.2. The first-order valence-corrected chi connectivity index (χ1v) is 5.78. The molecule has 0 atom stereocenters. The zero-order chi connectivity index (χ0) is 13.2. The van der Waals surface area contributed by atoms with E-state index in [2.05, 4.69) is 25.5 Å². The van der Waals surface area contributed by atoms with E-state index in [9.17, 15) is 4.79 Å². The zero-order valence-corrected chi connectivity index (χ0v) is 10.2. The van der Waals surface area contributed by atoms with Crippen molar-refractivity contribution in [2.75, 3.05) is 5.32 Å². The lowest BCUT2D eigenvalue weighted by molar-refractivity contribution is 0.101. The van der Waals surface area contributed by atoms with Crippen molar-refractivity contribution in [2.24, 2.45) is 0 Å². The molecule has 6 heteroatoms. The molecule has 0 fully saturated rings. The minimum absolute atomic E-state index is 0.124. The summed E-state index contributed by atoms with van der Waals surface area (Å²) in [5, 5.41) is 10.1. The van der Waals surface area contributed by atoms with Crippen LogP contribution in [0, 0.1) is 6.92 Å². The highest BCUT2D eigenvalue weighted by Gasteiger charge is 2.12. The molecule has 1 amide bonds. The fraction of sp³-hybridized carbons (Fsp3) is 0.0769. The molecule has 19 heavy (non-hydrogen) atoms. The second-order valence-electron chi connectivity index (χ2n) is 4.07. The van der Waals surface area contributed by atoms with Gasteiger partial charge in [0.05, 0.1) is 11.2 Å². The minimum Gasteiger partial charge on any atom is -0.319 e. The van der Waals surface area contributed by atoms with Gasteiger partial charge in [0.25, 0.3) is 5.91 Å². The number of rotatable bonds is 2. The van der Waals surface area contributed by atoms with Crippen molar-refractivity contribution in [3.8, 4) is 0 Å². The first-order valence-electron chi connectivity index (χ1n) is 5.78. The summed E-state index contributed by atoms with van der Waals surface area (Å²) in [5.41, 5.74) is 1.52. The Balaban J connectivity index is 1.95. The van der Waals surface area contributed by atoms with E-state index in [4.69, 9.17) is 0 Å². The highest BCUT2D eigenvalue weighted by Crippen LogP contribution is 2.21. The Morgan fingerprint density at radius 1 is 1.26 bits per heavy atom. The molecule has 0 saturated carbocycles. The van der Waals surface area contributed by atoms with E-state index < -0.39 is 0 Å². The fourth-order valence-corrected chi connectivity index (χ4v) is 1.83. The molecule has 3 aromatic rings. The van der Waals surface area contributed by atoms with Gasteiger partial charge in [-0.2, -0.15) is 0 Å². The number of nitrogens with one attached hydrogen (secondary N) is 2. The summed E-state index contributed by atoms with van der Waals surface area (Å²) in [4.78, 5) is 20.2.